The van der Waals surface area contributed by atoms with Crippen LogP contribution in [0.5, 0.6) is 0 Å². The summed E-state index contributed by atoms with van der Waals surface area (Å²) in [6.07, 6.45) is 5.79. The standard InChI is InChI=1S/C70H52N2/c1-69(2)61-26-13-9-22-56(61)57-45-38-50(46-64(57)69)49-36-41-54(42-37-49)71(53-39-32-47(33-40-53)48-34-43-55(44-35-48)72-65-29-15-11-23-58(65)59-24-12-16-30-66(59)72)67-31-17-28-63-68(67)60-25-10-14-27-62(60)70(63,51-18-5-3-6-19-51)52-20-7-4-8-21-52/h3-45,64H,46H2,1-2H3. The zero-order valence-corrected chi connectivity index (χ0v) is 40.5. The molecule has 2 nitrogen and oxygen atoms in total. The molecule has 0 bridgehead atoms. The molecule has 0 fully saturated rings. The normalized spacial score (nSPS) is 15.8. The maximum Gasteiger partial charge on any atom is 0.0714 e. The molecule has 0 spiro atoms. The van der Waals surface area contributed by atoms with Crippen molar-refractivity contribution in [2.24, 2.45) is 5.92 Å². The fourth-order valence-electron chi connectivity index (χ4n) is 13.0. The topological polar surface area (TPSA) is 8.17 Å². The molecule has 1 atom stereocenters. The van der Waals surface area contributed by atoms with Gasteiger partial charge in [0.25, 0.3) is 0 Å². The second kappa shape index (κ2) is 16.4. The summed E-state index contributed by atoms with van der Waals surface area (Å²) in [6, 6.07) is 92.3. The van der Waals surface area contributed by atoms with E-state index in [1.165, 1.54) is 94.2 Å². The maximum absolute atomic E-state index is 2.49. The van der Waals surface area contributed by atoms with E-state index in [9.17, 15) is 0 Å². The van der Waals surface area contributed by atoms with E-state index < -0.39 is 5.41 Å². The number of hydrogen-bond donors (Lipinski definition) is 0. The molecule has 0 aliphatic heterocycles. The van der Waals surface area contributed by atoms with E-state index in [2.05, 4.69) is 284 Å². The summed E-state index contributed by atoms with van der Waals surface area (Å²) in [5.41, 5.74) is 23.5. The SMILES string of the molecule is CC1(C)c2ccccc2C2=CC=C(c3ccc(N(c4ccc(-c5ccc(-n6c7ccccc7c7ccccc76)cc5)cc4)c4cccc5c4-c4ccccc4C5(c4ccccc4)c4ccccc4)cc3)CC21. The average molecular weight is 921 g/mol. The Labute approximate surface area is 422 Å². The predicted molar refractivity (Wildman–Crippen MR) is 302 cm³/mol. The van der Waals surface area contributed by atoms with Gasteiger partial charge in [-0.15, -0.1) is 0 Å². The smallest absolute Gasteiger partial charge is 0.0714 e. The summed E-state index contributed by atoms with van der Waals surface area (Å²) in [5, 5.41) is 2.54. The molecule has 1 heterocycles. The highest BCUT2D eigenvalue weighted by Gasteiger charge is 2.47. The van der Waals surface area contributed by atoms with Crippen molar-refractivity contribution in [3.8, 4) is 27.9 Å². The lowest BCUT2D eigenvalue weighted by Crippen LogP contribution is -2.28. The van der Waals surface area contributed by atoms with Gasteiger partial charge in [0.1, 0.15) is 0 Å². The van der Waals surface area contributed by atoms with E-state index in [4.69, 9.17) is 0 Å². The van der Waals surface area contributed by atoms with Crippen LogP contribution in [0.3, 0.4) is 0 Å². The van der Waals surface area contributed by atoms with Gasteiger partial charge in [-0.2, -0.15) is 0 Å². The molecule has 14 rings (SSSR count). The van der Waals surface area contributed by atoms with Gasteiger partial charge in [0.2, 0.25) is 0 Å². The summed E-state index contributed by atoms with van der Waals surface area (Å²) >= 11 is 0. The number of anilines is 3. The first-order valence-corrected chi connectivity index (χ1v) is 25.4. The van der Waals surface area contributed by atoms with Crippen LogP contribution in [0.25, 0.3) is 60.9 Å². The zero-order chi connectivity index (χ0) is 48.0. The van der Waals surface area contributed by atoms with Crippen molar-refractivity contribution in [1.29, 1.82) is 0 Å². The molecule has 3 aliphatic carbocycles. The number of aromatic nitrogens is 1. The van der Waals surface area contributed by atoms with E-state index >= 15 is 0 Å². The first-order valence-electron chi connectivity index (χ1n) is 25.4. The predicted octanol–water partition coefficient (Wildman–Crippen LogP) is 18.1. The van der Waals surface area contributed by atoms with Gasteiger partial charge in [0.05, 0.1) is 22.1 Å². The molecule has 2 heteroatoms. The van der Waals surface area contributed by atoms with E-state index in [0.29, 0.717) is 5.92 Å². The molecule has 72 heavy (non-hydrogen) atoms. The van der Waals surface area contributed by atoms with Gasteiger partial charge in [0, 0.05) is 33.4 Å². The Kier molecular flexibility index (Phi) is 9.63. The van der Waals surface area contributed by atoms with Crippen molar-refractivity contribution in [2.45, 2.75) is 31.1 Å². The van der Waals surface area contributed by atoms with Crippen molar-refractivity contribution >= 4 is 50.0 Å². The number of hydrogen-bond acceptors (Lipinski definition) is 1. The van der Waals surface area contributed by atoms with Crippen LogP contribution < -0.4 is 4.90 Å². The van der Waals surface area contributed by atoms with Crippen LogP contribution in [0.4, 0.5) is 17.1 Å². The lowest BCUT2D eigenvalue weighted by molar-refractivity contribution is 0.418. The molecule has 10 aromatic carbocycles. The van der Waals surface area contributed by atoms with Crippen LogP contribution in [0.2, 0.25) is 0 Å². The molecule has 3 aliphatic rings. The van der Waals surface area contributed by atoms with Crippen molar-refractivity contribution in [2.75, 3.05) is 4.90 Å². The first kappa shape index (κ1) is 42.2. The number of nitrogens with zero attached hydrogens (tertiary/aromatic N) is 2. The Morgan fingerprint density at radius 3 is 1.54 bits per heavy atom. The van der Waals surface area contributed by atoms with Crippen molar-refractivity contribution < 1.29 is 0 Å². The van der Waals surface area contributed by atoms with Crippen LogP contribution in [0, 0.1) is 5.92 Å². The Bertz CT molecular complexity index is 3850. The Hall–Kier alpha value is -8.72. The summed E-state index contributed by atoms with van der Waals surface area (Å²) in [7, 11) is 0. The molecular weight excluding hydrogens is 869 g/mol. The number of allylic oxidation sites excluding steroid dienone is 4. The van der Waals surface area contributed by atoms with Gasteiger partial charge in [-0.05, 0) is 139 Å². The second-order valence-electron chi connectivity index (χ2n) is 20.4. The van der Waals surface area contributed by atoms with E-state index in [-0.39, 0.29) is 5.41 Å². The van der Waals surface area contributed by atoms with Crippen molar-refractivity contribution in [1.82, 2.24) is 4.57 Å². The minimum atomic E-state index is -0.511. The summed E-state index contributed by atoms with van der Waals surface area (Å²) in [5.74, 6) is 0.441. The van der Waals surface area contributed by atoms with Gasteiger partial charge >= 0.3 is 0 Å². The van der Waals surface area contributed by atoms with Crippen LogP contribution >= 0.6 is 0 Å². The number of para-hydroxylation sites is 2. The second-order valence-corrected chi connectivity index (χ2v) is 20.4. The van der Waals surface area contributed by atoms with Gasteiger partial charge in [-0.3, -0.25) is 0 Å². The maximum atomic E-state index is 2.49. The molecule has 342 valence electrons. The van der Waals surface area contributed by atoms with Gasteiger partial charge in [-0.25, -0.2) is 0 Å². The number of fused-ring (bicyclic) bond motifs is 9. The fourth-order valence-corrected chi connectivity index (χ4v) is 13.0. The third kappa shape index (κ3) is 6.28. The van der Waals surface area contributed by atoms with Crippen LogP contribution in [0.15, 0.2) is 261 Å². The number of rotatable bonds is 8. The molecule has 0 N–H and O–H groups in total. The van der Waals surface area contributed by atoms with Gasteiger partial charge in [-0.1, -0.05) is 220 Å². The Morgan fingerprint density at radius 2 is 0.917 bits per heavy atom. The quantitative estimate of drug-likeness (QED) is 0.147. The monoisotopic (exact) mass is 920 g/mol. The van der Waals surface area contributed by atoms with Crippen molar-refractivity contribution in [3.05, 3.63) is 300 Å². The molecule has 0 saturated heterocycles. The molecule has 0 saturated carbocycles. The highest BCUT2D eigenvalue weighted by molar-refractivity contribution is 6.09. The van der Waals surface area contributed by atoms with E-state index in [1.807, 2.05) is 0 Å². The lowest BCUT2D eigenvalue weighted by Gasteiger charge is -2.34. The minimum absolute atomic E-state index is 0.0674. The molecule has 1 unspecified atom stereocenters. The minimum Gasteiger partial charge on any atom is -0.310 e. The third-order valence-electron chi connectivity index (χ3n) is 16.4. The average Bonchev–Trinajstić information content (AvgIpc) is 4.03. The largest absolute Gasteiger partial charge is 0.310 e. The van der Waals surface area contributed by atoms with Gasteiger partial charge < -0.3 is 9.47 Å². The summed E-state index contributed by atoms with van der Waals surface area (Å²) in [4.78, 5) is 2.49. The highest BCUT2D eigenvalue weighted by Crippen LogP contribution is 2.60. The highest BCUT2D eigenvalue weighted by atomic mass is 15.1. The molecule has 1 aromatic heterocycles. The van der Waals surface area contributed by atoms with Gasteiger partial charge in [0.15, 0.2) is 0 Å². The Morgan fingerprint density at radius 1 is 0.417 bits per heavy atom. The fraction of sp³-hybridized carbons (Fsp3) is 0.0857. The summed E-state index contributed by atoms with van der Waals surface area (Å²) in [6.45, 7) is 4.85. The molecular formula is C70H52N2. The zero-order valence-electron chi connectivity index (χ0n) is 40.5. The molecule has 0 amide bonds. The molecule has 0 radical (unpaired) electrons. The first-order chi connectivity index (χ1) is 35.5. The van der Waals surface area contributed by atoms with Crippen LogP contribution in [-0.4, -0.2) is 4.57 Å². The van der Waals surface area contributed by atoms with E-state index in [1.54, 1.807) is 0 Å². The van der Waals surface area contributed by atoms with E-state index in [0.717, 1.165) is 29.2 Å². The Balaban J connectivity index is 0.894. The van der Waals surface area contributed by atoms with Crippen LogP contribution in [0.1, 0.15) is 59.2 Å². The third-order valence-corrected chi connectivity index (χ3v) is 16.4. The molecule has 11 aromatic rings. The van der Waals surface area contributed by atoms with Crippen molar-refractivity contribution in [3.63, 3.8) is 0 Å². The van der Waals surface area contributed by atoms with Crippen LogP contribution in [-0.2, 0) is 10.8 Å². The number of benzene rings is 10. The summed E-state index contributed by atoms with van der Waals surface area (Å²) < 4.78 is 2.38. The lowest BCUT2D eigenvalue weighted by atomic mass is 9.68.